The quantitative estimate of drug-likeness (QED) is 0.789. The van der Waals surface area contributed by atoms with E-state index in [-0.39, 0.29) is 5.56 Å². The second kappa shape index (κ2) is 5.26. The van der Waals surface area contributed by atoms with Gasteiger partial charge in [-0.3, -0.25) is 9.59 Å². The monoisotopic (exact) mass is 343 g/mol. The standard InChI is InChI=1S/C14H15BrFNO3/c1-14(2,20-3)4-5-17-11-9(12(18)13(17)19)6-8(16)7-10(11)15/h6-7H,4-5H2,1-3H3. The molecule has 0 bridgehead atoms. The number of carbonyl (C=O) groups is 2. The number of hydrogen-bond acceptors (Lipinski definition) is 3. The van der Waals surface area contributed by atoms with E-state index in [2.05, 4.69) is 15.9 Å². The van der Waals surface area contributed by atoms with Gasteiger partial charge < -0.3 is 9.64 Å². The number of ketones is 1. The van der Waals surface area contributed by atoms with Gasteiger partial charge in [-0.15, -0.1) is 0 Å². The molecule has 1 aromatic rings. The molecule has 0 unspecified atom stereocenters. The highest BCUT2D eigenvalue weighted by molar-refractivity contribution is 9.10. The Bertz CT molecular complexity index is 586. The van der Waals surface area contributed by atoms with Gasteiger partial charge in [0.15, 0.2) is 0 Å². The third-order valence-corrected chi connectivity index (χ3v) is 4.08. The number of halogens is 2. The van der Waals surface area contributed by atoms with Crippen LogP contribution in [0, 0.1) is 5.82 Å². The molecule has 0 N–H and O–H groups in total. The number of rotatable bonds is 4. The predicted molar refractivity (Wildman–Crippen MR) is 76.5 cm³/mol. The number of ether oxygens (including phenoxy) is 1. The van der Waals surface area contributed by atoms with Gasteiger partial charge in [0.05, 0.1) is 16.9 Å². The zero-order valence-electron chi connectivity index (χ0n) is 11.5. The summed E-state index contributed by atoms with van der Waals surface area (Å²) in [6.45, 7) is 4.13. The number of nitrogens with zero attached hydrogens (tertiary/aromatic N) is 1. The van der Waals surface area contributed by atoms with E-state index in [1.54, 1.807) is 7.11 Å². The molecule has 4 nitrogen and oxygen atoms in total. The zero-order chi connectivity index (χ0) is 15.1. The van der Waals surface area contributed by atoms with E-state index in [1.807, 2.05) is 13.8 Å². The molecule has 1 heterocycles. The Balaban J connectivity index is 2.34. The lowest BCUT2D eigenvalue weighted by Gasteiger charge is -2.26. The highest BCUT2D eigenvalue weighted by atomic mass is 79.9. The fraction of sp³-hybridized carbons (Fsp3) is 0.429. The van der Waals surface area contributed by atoms with Crippen molar-refractivity contribution >= 4 is 33.3 Å². The van der Waals surface area contributed by atoms with Crippen LogP contribution in [-0.4, -0.2) is 30.9 Å². The Morgan fingerprint density at radius 2 is 2.00 bits per heavy atom. The van der Waals surface area contributed by atoms with Gasteiger partial charge in [0, 0.05) is 18.1 Å². The Hall–Kier alpha value is -1.27. The molecule has 1 aliphatic heterocycles. The minimum absolute atomic E-state index is 0.108. The molecular weight excluding hydrogens is 329 g/mol. The van der Waals surface area contributed by atoms with Gasteiger partial charge in [0.25, 0.3) is 11.7 Å². The summed E-state index contributed by atoms with van der Waals surface area (Å²) in [7, 11) is 1.59. The van der Waals surface area contributed by atoms with Crippen molar-refractivity contribution in [3.8, 4) is 0 Å². The lowest BCUT2D eigenvalue weighted by molar-refractivity contribution is -0.114. The van der Waals surface area contributed by atoms with E-state index in [0.29, 0.717) is 23.1 Å². The normalized spacial score (nSPS) is 14.9. The minimum Gasteiger partial charge on any atom is -0.379 e. The number of amides is 1. The minimum atomic E-state index is -0.671. The molecule has 0 aliphatic carbocycles. The molecule has 1 aromatic carbocycles. The summed E-state index contributed by atoms with van der Waals surface area (Å²) in [5.74, 6) is -1.84. The van der Waals surface area contributed by atoms with Gasteiger partial charge in [-0.2, -0.15) is 0 Å². The molecule has 0 fully saturated rings. The summed E-state index contributed by atoms with van der Waals surface area (Å²) >= 11 is 3.21. The summed E-state index contributed by atoms with van der Waals surface area (Å²) in [5.41, 5.74) is 0.142. The highest BCUT2D eigenvalue weighted by Gasteiger charge is 2.38. The largest absolute Gasteiger partial charge is 0.379 e. The van der Waals surface area contributed by atoms with Crippen LogP contribution in [0.15, 0.2) is 16.6 Å². The second-order valence-electron chi connectivity index (χ2n) is 5.28. The van der Waals surface area contributed by atoms with Gasteiger partial charge in [-0.1, -0.05) is 0 Å². The van der Waals surface area contributed by atoms with Crippen LogP contribution in [0.2, 0.25) is 0 Å². The van der Waals surface area contributed by atoms with Gasteiger partial charge in [0.1, 0.15) is 5.82 Å². The van der Waals surface area contributed by atoms with Crippen molar-refractivity contribution in [2.75, 3.05) is 18.6 Å². The van der Waals surface area contributed by atoms with E-state index in [4.69, 9.17) is 4.74 Å². The molecule has 0 radical (unpaired) electrons. The van der Waals surface area contributed by atoms with E-state index in [1.165, 1.54) is 11.0 Å². The predicted octanol–water partition coefficient (Wildman–Crippen LogP) is 2.93. The van der Waals surface area contributed by atoms with E-state index in [0.717, 1.165) is 6.07 Å². The average Bonchev–Trinajstić information content (AvgIpc) is 2.61. The molecule has 1 amide bonds. The van der Waals surface area contributed by atoms with E-state index >= 15 is 0 Å². The van der Waals surface area contributed by atoms with Gasteiger partial charge in [0.2, 0.25) is 0 Å². The first-order chi connectivity index (χ1) is 9.26. The van der Waals surface area contributed by atoms with Crippen molar-refractivity contribution < 1.29 is 18.7 Å². The summed E-state index contributed by atoms with van der Waals surface area (Å²) in [6, 6.07) is 2.35. The van der Waals surface area contributed by atoms with Crippen LogP contribution in [0.5, 0.6) is 0 Å². The fourth-order valence-electron chi connectivity index (χ4n) is 2.05. The van der Waals surface area contributed by atoms with Crippen LogP contribution in [0.1, 0.15) is 30.6 Å². The number of anilines is 1. The highest BCUT2D eigenvalue weighted by Crippen LogP contribution is 2.37. The summed E-state index contributed by atoms with van der Waals surface area (Å²) in [6.07, 6.45) is 0.561. The van der Waals surface area contributed by atoms with Crippen molar-refractivity contribution in [1.29, 1.82) is 0 Å². The SMILES string of the molecule is COC(C)(C)CCN1C(=O)C(=O)c2cc(F)cc(Br)c21. The van der Waals surface area contributed by atoms with E-state index < -0.39 is 23.1 Å². The Morgan fingerprint density at radius 1 is 1.35 bits per heavy atom. The maximum Gasteiger partial charge on any atom is 0.299 e. The molecule has 1 aliphatic rings. The number of benzene rings is 1. The second-order valence-corrected chi connectivity index (χ2v) is 6.14. The number of fused-ring (bicyclic) bond motifs is 1. The lowest BCUT2D eigenvalue weighted by atomic mass is 10.1. The van der Waals surface area contributed by atoms with Crippen molar-refractivity contribution in [2.24, 2.45) is 0 Å². The average molecular weight is 344 g/mol. The van der Waals surface area contributed by atoms with Gasteiger partial charge in [-0.25, -0.2) is 4.39 Å². The smallest absolute Gasteiger partial charge is 0.299 e. The van der Waals surface area contributed by atoms with Crippen LogP contribution in [0.3, 0.4) is 0 Å². The fourth-order valence-corrected chi connectivity index (χ4v) is 2.70. The first-order valence-corrected chi connectivity index (χ1v) is 6.96. The van der Waals surface area contributed by atoms with Gasteiger partial charge >= 0.3 is 0 Å². The molecule has 2 rings (SSSR count). The molecule has 0 aromatic heterocycles. The van der Waals surface area contributed by atoms with Crippen molar-refractivity contribution in [3.05, 3.63) is 28.0 Å². The van der Waals surface area contributed by atoms with Crippen molar-refractivity contribution in [2.45, 2.75) is 25.9 Å². The van der Waals surface area contributed by atoms with Crippen LogP contribution < -0.4 is 4.90 Å². The van der Waals surface area contributed by atoms with Gasteiger partial charge in [-0.05, 0) is 48.3 Å². The number of carbonyl (C=O) groups excluding carboxylic acids is 2. The third kappa shape index (κ3) is 2.62. The molecular formula is C14H15BrFNO3. The molecule has 0 saturated carbocycles. The van der Waals surface area contributed by atoms with Crippen molar-refractivity contribution in [3.63, 3.8) is 0 Å². The molecule has 0 saturated heterocycles. The van der Waals surface area contributed by atoms with Crippen molar-refractivity contribution in [1.82, 2.24) is 0 Å². The molecule has 108 valence electrons. The number of hydrogen-bond donors (Lipinski definition) is 0. The Morgan fingerprint density at radius 3 is 2.60 bits per heavy atom. The van der Waals surface area contributed by atoms with Crippen LogP contribution in [0.25, 0.3) is 0 Å². The maximum absolute atomic E-state index is 13.3. The zero-order valence-corrected chi connectivity index (χ0v) is 13.1. The van der Waals surface area contributed by atoms with E-state index in [9.17, 15) is 14.0 Å². The van der Waals surface area contributed by atoms with Crippen LogP contribution >= 0.6 is 15.9 Å². The van der Waals surface area contributed by atoms with Crippen LogP contribution in [-0.2, 0) is 9.53 Å². The van der Waals surface area contributed by atoms with Crippen LogP contribution in [0.4, 0.5) is 10.1 Å². The Labute approximate surface area is 125 Å². The third-order valence-electron chi connectivity index (χ3n) is 3.47. The summed E-state index contributed by atoms with van der Waals surface area (Å²) in [5, 5.41) is 0. The first-order valence-electron chi connectivity index (χ1n) is 6.17. The maximum atomic E-state index is 13.3. The molecule has 20 heavy (non-hydrogen) atoms. The molecule has 0 spiro atoms. The lowest BCUT2D eigenvalue weighted by Crippen LogP contribution is -2.35. The summed E-state index contributed by atoms with van der Waals surface area (Å²) < 4.78 is 19.1. The Kier molecular flexibility index (Phi) is 3.97. The summed E-state index contributed by atoms with van der Waals surface area (Å²) in [4.78, 5) is 25.3. The molecule has 0 atom stereocenters. The first kappa shape index (κ1) is 15.1. The molecule has 6 heteroatoms. The number of Topliss-reactive ketones (excluding diaryl/α,β-unsaturated/α-hetero) is 1. The number of methoxy groups -OCH3 is 1. The topological polar surface area (TPSA) is 46.6 Å².